The van der Waals surface area contributed by atoms with Gasteiger partial charge >= 0.3 is 12.1 Å². The highest BCUT2D eigenvalue weighted by atomic mass is 35.5. The molecule has 0 bridgehead atoms. The predicted molar refractivity (Wildman–Crippen MR) is 142 cm³/mol. The van der Waals surface area contributed by atoms with E-state index in [1.165, 1.54) is 13.2 Å². The molecule has 3 aliphatic rings. The van der Waals surface area contributed by atoms with E-state index in [9.17, 15) is 9.59 Å². The lowest BCUT2D eigenvalue weighted by Gasteiger charge is -2.53. The minimum absolute atomic E-state index is 0.00398. The number of benzene rings is 1. The number of alkyl carbamates (subject to hydrolysis) is 1. The first-order valence-corrected chi connectivity index (χ1v) is 13.8. The highest BCUT2D eigenvalue weighted by molar-refractivity contribution is 6.30. The number of hydrogen-bond acceptors (Lipinski definition) is 6. The van der Waals surface area contributed by atoms with E-state index in [0.29, 0.717) is 24.6 Å². The van der Waals surface area contributed by atoms with Crippen molar-refractivity contribution in [2.24, 2.45) is 11.8 Å². The minimum atomic E-state index is -0.618. The van der Waals surface area contributed by atoms with E-state index in [1.807, 2.05) is 4.90 Å². The second-order valence-corrected chi connectivity index (χ2v) is 11.3. The summed E-state index contributed by atoms with van der Waals surface area (Å²) in [6.45, 7) is 5.94. The topological polar surface area (TPSA) is 92.4 Å². The van der Waals surface area contributed by atoms with Crippen molar-refractivity contribution in [3.05, 3.63) is 34.6 Å². The summed E-state index contributed by atoms with van der Waals surface area (Å²) in [6.07, 6.45) is 2.30. The smallest absolute Gasteiger partial charge is 0.406 e. The summed E-state index contributed by atoms with van der Waals surface area (Å²) in [5.74, 6) is -0.184. The average Bonchev–Trinajstić information content (AvgIpc) is 2.91. The zero-order chi connectivity index (χ0) is 27.3. The highest BCUT2D eigenvalue weighted by Crippen LogP contribution is 2.39. The summed E-state index contributed by atoms with van der Waals surface area (Å²) in [6, 6.07) is 4.83. The number of methoxy groups -OCH3 is 1. The maximum Gasteiger partial charge on any atom is 0.406 e. The monoisotopic (exact) mass is 554 g/mol. The van der Waals surface area contributed by atoms with E-state index in [1.54, 1.807) is 12.1 Å². The lowest BCUT2D eigenvalue weighted by Crippen LogP contribution is -2.65. The number of rotatable bonds is 7. The Morgan fingerprint density at radius 2 is 2.13 bits per heavy atom. The first-order chi connectivity index (χ1) is 18.2. The number of carbonyl (C=O) groups excluding carboxylic acids is 2. The number of hydrogen-bond donors (Lipinski definition) is 2. The molecule has 3 saturated heterocycles. The molecule has 0 aromatic heterocycles. The van der Waals surface area contributed by atoms with Crippen LogP contribution in [0.15, 0.2) is 18.2 Å². The van der Waals surface area contributed by atoms with E-state index < -0.39 is 18.0 Å². The summed E-state index contributed by atoms with van der Waals surface area (Å²) in [5, 5.41) is 5.87. The van der Waals surface area contributed by atoms with E-state index >= 15 is 4.39 Å². The van der Waals surface area contributed by atoms with Gasteiger partial charge in [0.2, 0.25) is 0 Å². The van der Waals surface area contributed by atoms with Gasteiger partial charge in [-0.05, 0) is 51.6 Å². The van der Waals surface area contributed by atoms with Crippen molar-refractivity contribution in [1.82, 2.24) is 20.4 Å². The zero-order valence-corrected chi connectivity index (χ0v) is 23.3. The predicted octanol–water partition coefficient (Wildman–Crippen LogP) is 3.81. The Bertz CT molecular complexity index is 987. The number of urea groups is 1. The van der Waals surface area contributed by atoms with Gasteiger partial charge in [0.1, 0.15) is 5.82 Å². The van der Waals surface area contributed by atoms with Crippen LogP contribution in [0.5, 0.6) is 0 Å². The molecule has 3 heterocycles. The van der Waals surface area contributed by atoms with E-state index in [2.05, 4.69) is 34.2 Å². The van der Waals surface area contributed by atoms with Gasteiger partial charge in [0.05, 0.1) is 31.5 Å². The fourth-order valence-corrected chi connectivity index (χ4v) is 6.31. The molecule has 2 N–H and O–H groups in total. The highest BCUT2D eigenvalue weighted by Gasteiger charge is 2.46. The first kappa shape index (κ1) is 28.9. The van der Waals surface area contributed by atoms with Gasteiger partial charge in [-0.2, -0.15) is 0 Å². The van der Waals surface area contributed by atoms with E-state index in [4.69, 9.17) is 21.1 Å². The molecule has 1 aromatic rings. The third-order valence-electron chi connectivity index (χ3n) is 8.46. The molecular formula is C27H40ClFN4O5. The number of likely N-dealkylation sites (N-methyl/N-ethyl adjacent to an activating group) is 1. The fraction of sp³-hybridized carbons (Fsp3) is 0.704. The molecule has 4 rings (SSSR count). The first-order valence-electron chi connectivity index (χ1n) is 13.4. The number of ether oxygens (including phenoxy) is 3. The molecule has 3 amide bonds. The maximum atomic E-state index is 15.1. The Balaban J connectivity index is 1.41. The van der Waals surface area contributed by atoms with Crippen molar-refractivity contribution in [2.75, 3.05) is 60.2 Å². The van der Waals surface area contributed by atoms with Gasteiger partial charge < -0.3 is 29.7 Å². The Morgan fingerprint density at radius 3 is 2.92 bits per heavy atom. The molecule has 1 aromatic carbocycles. The Hall–Kier alpha value is -2.14. The van der Waals surface area contributed by atoms with Gasteiger partial charge in [-0.25, -0.2) is 14.0 Å². The van der Waals surface area contributed by atoms with Crippen molar-refractivity contribution in [3.8, 4) is 0 Å². The number of nitrogens with zero attached hydrogens (tertiary/aromatic N) is 2. The number of nitrogens with one attached hydrogen (secondary N) is 2. The van der Waals surface area contributed by atoms with Gasteiger partial charge in [-0.15, -0.1) is 0 Å². The maximum absolute atomic E-state index is 15.1. The lowest BCUT2D eigenvalue weighted by molar-refractivity contribution is -0.0955. The zero-order valence-electron chi connectivity index (χ0n) is 22.5. The van der Waals surface area contributed by atoms with Gasteiger partial charge in [0.25, 0.3) is 0 Å². The normalized spacial score (nSPS) is 28.8. The molecule has 5 atom stereocenters. The summed E-state index contributed by atoms with van der Waals surface area (Å²) in [4.78, 5) is 28.9. The van der Waals surface area contributed by atoms with Crippen LogP contribution < -0.4 is 10.6 Å². The SMILES string of the molecule is COC(=O)NCCO[C@@H](c1cccc(Cl)c1F)[C@@H]1CCCN(C(=O)N[C@@H]2CC3CCOCC3(C)N(C)C2)C1. The molecule has 0 aliphatic carbocycles. The van der Waals surface area contributed by atoms with Crippen LogP contribution in [0, 0.1) is 17.7 Å². The van der Waals surface area contributed by atoms with Crippen molar-refractivity contribution in [1.29, 1.82) is 0 Å². The summed E-state index contributed by atoms with van der Waals surface area (Å²) in [5.41, 5.74) is 0.361. The second kappa shape index (κ2) is 12.8. The number of fused-ring (bicyclic) bond motifs is 1. The molecule has 11 heteroatoms. The van der Waals surface area contributed by atoms with E-state index in [-0.39, 0.29) is 41.7 Å². The fourth-order valence-electron chi connectivity index (χ4n) is 6.13. The summed E-state index contributed by atoms with van der Waals surface area (Å²) >= 11 is 6.09. The Labute approximate surface area is 229 Å². The van der Waals surface area contributed by atoms with Crippen LogP contribution >= 0.6 is 11.6 Å². The van der Waals surface area contributed by atoms with Crippen molar-refractivity contribution < 1.29 is 28.2 Å². The van der Waals surface area contributed by atoms with E-state index in [0.717, 1.165) is 45.4 Å². The quantitative estimate of drug-likeness (QED) is 0.498. The number of amides is 3. The minimum Gasteiger partial charge on any atom is -0.453 e. The van der Waals surface area contributed by atoms with Crippen LogP contribution in [-0.4, -0.2) is 93.7 Å². The van der Waals surface area contributed by atoms with Crippen LogP contribution in [0.25, 0.3) is 0 Å². The molecular weight excluding hydrogens is 515 g/mol. The van der Waals surface area contributed by atoms with Crippen molar-refractivity contribution in [2.45, 2.75) is 50.3 Å². The molecule has 3 fully saturated rings. The molecule has 212 valence electrons. The molecule has 0 spiro atoms. The lowest BCUT2D eigenvalue weighted by atomic mass is 9.74. The summed E-state index contributed by atoms with van der Waals surface area (Å²) < 4.78 is 31.5. The Morgan fingerprint density at radius 1 is 1.32 bits per heavy atom. The van der Waals surface area contributed by atoms with Gasteiger partial charge in [0, 0.05) is 55.8 Å². The van der Waals surface area contributed by atoms with Crippen LogP contribution in [0.1, 0.15) is 44.3 Å². The van der Waals surface area contributed by atoms with Gasteiger partial charge in [-0.3, -0.25) is 4.90 Å². The number of likely N-dealkylation sites (tertiary alicyclic amines) is 2. The average molecular weight is 555 g/mol. The van der Waals surface area contributed by atoms with Crippen molar-refractivity contribution >= 4 is 23.7 Å². The summed E-state index contributed by atoms with van der Waals surface area (Å²) in [7, 11) is 3.39. The second-order valence-electron chi connectivity index (χ2n) is 10.9. The standard InChI is InChI=1S/C27H40ClFN4O5/c1-27-17-37-12-9-19(27)14-20(16-32(27)2)31-25(34)33-11-5-6-18(15-33)24(38-13-10-30-26(35)36-3)21-7-4-8-22(28)23(21)29/h4,7-8,18-20,24H,5-6,9-17H2,1-3H3,(H,30,35)(H,31,34)/t18-,19?,20-,24-,27?/m1/s1. The molecule has 2 unspecified atom stereocenters. The van der Waals surface area contributed by atoms with Crippen LogP contribution in [0.2, 0.25) is 5.02 Å². The Kier molecular flexibility index (Phi) is 9.73. The number of halogens is 2. The molecule has 0 saturated carbocycles. The third kappa shape index (κ3) is 6.52. The molecule has 9 nitrogen and oxygen atoms in total. The van der Waals surface area contributed by atoms with Crippen LogP contribution in [-0.2, 0) is 14.2 Å². The molecule has 0 radical (unpaired) electrons. The van der Waals surface area contributed by atoms with Crippen molar-refractivity contribution in [3.63, 3.8) is 0 Å². The molecule has 38 heavy (non-hydrogen) atoms. The van der Waals surface area contributed by atoms with Crippen LogP contribution in [0.3, 0.4) is 0 Å². The van der Waals surface area contributed by atoms with Gasteiger partial charge in [0.15, 0.2) is 0 Å². The van der Waals surface area contributed by atoms with Crippen LogP contribution in [0.4, 0.5) is 14.0 Å². The van der Waals surface area contributed by atoms with Gasteiger partial charge in [-0.1, -0.05) is 23.7 Å². The third-order valence-corrected chi connectivity index (χ3v) is 8.75. The number of piperidine rings is 2. The molecule has 3 aliphatic heterocycles. The number of carbonyl (C=O) groups is 2. The largest absolute Gasteiger partial charge is 0.453 e.